The number of hydrogen-bond acceptors (Lipinski definition) is 4. The maximum atomic E-state index is 12.7. The van der Waals surface area contributed by atoms with Crippen molar-refractivity contribution in [3.63, 3.8) is 0 Å². The molecule has 7 heteroatoms. The van der Waals surface area contributed by atoms with E-state index in [2.05, 4.69) is 0 Å². The maximum Gasteiger partial charge on any atom is 0.373 e. The van der Waals surface area contributed by atoms with Crippen LogP contribution in [0.1, 0.15) is 5.56 Å². The predicted molar refractivity (Wildman–Crippen MR) is 42.8 cm³/mol. The summed E-state index contributed by atoms with van der Waals surface area (Å²) in [6, 6.07) is 1.84. The van der Waals surface area contributed by atoms with Crippen LogP contribution in [0.25, 0.3) is 0 Å². The van der Waals surface area contributed by atoms with Gasteiger partial charge in [0.05, 0.1) is 4.92 Å². The number of carbonyl (C=O) groups excluding carboxylic acids is 2. The van der Waals surface area contributed by atoms with Crippen molar-refractivity contribution in [1.82, 2.24) is 0 Å². The normalized spacial score (nSPS) is 8.47. The third-order valence-corrected chi connectivity index (χ3v) is 1.34. The van der Waals surface area contributed by atoms with Gasteiger partial charge in [-0.3, -0.25) is 10.1 Å². The van der Waals surface area contributed by atoms with Gasteiger partial charge in [0.25, 0.3) is 0 Å². The molecule has 0 atom stereocenters. The second-order valence-corrected chi connectivity index (χ2v) is 2.42. The first kappa shape index (κ1) is 12.9. The van der Waals surface area contributed by atoms with Crippen molar-refractivity contribution in [2.24, 2.45) is 0 Å². The summed E-state index contributed by atoms with van der Waals surface area (Å²) in [5, 5.41) is 10.1. The molecule has 5 nitrogen and oxygen atoms in total. The highest BCUT2D eigenvalue weighted by Crippen LogP contribution is 2.22. The van der Waals surface area contributed by atoms with Crippen molar-refractivity contribution in [2.75, 3.05) is 0 Å². The topological polar surface area (TPSA) is 77.3 Å². The Morgan fingerprint density at radius 3 is 1.87 bits per heavy atom. The van der Waals surface area contributed by atoms with E-state index in [0.717, 1.165) is 12.1 Å². The molecular formula is C8H5F2NO4. The Morgan fingerprint density at radius 1 is 1.27 bits per heavy atom. The second-order valence-electron chi connectivity index (χ2n) is 2.42. The third kappa shape index (κ3) is 3.61. The molecule has 0 spiro atoms. The standard InChI is InChI=1S/C7H5F2NO2.CO2/c1-4-2-5(8)7(10(11)12)6(9)3-4;2-1-3/h2-3H,1H3;. The molecule has 80 valence electrons. The first-order valence-corrected chi connectivity index (χ1v) is 3.53. The van der Waals surface area contributed by atoms with Crippen LogP contribution in [0, 0.1) is 28.7 Å². The van der Waals surface area contributed by atoms with E-state index in [0.29, 0.717) is 5.56 Å². The van der Waals surface area contributed by atoms with Gasteiger partial charge in [-0.25, -0.2) is 0 Å². The van der Waals surface area contributed by atoms with E-state index in [-0.39, 0.29) is 6.15 Å². The van der Waals surface area contributed by atoms with Crippen LogP contribution in [0.3, 0.4) is 0 Å². The fraction of sp³-hybridized carbons (Fsp3) is 0.125. The van der Waals surface area contributed by atoms with Gasteiger partial charge in [-0.2, -0.15) is 18.4 Å². The summed E-state index contributed by atoms with van der Waals surface area (Å²) >= 11 is 0. The van der Waals surface area contributed by atoms with Gasteiger partial charge in [-0.1, -0.05) is 0 Å². The molecule has 0 unspecified atom stereocenters. The van der Waals surface area contributed by atoms with E-state index in [1.165, 1.54) is 6.92 Å². The zero-order valence-corrected chi connectivity index (χ0v) is 7.49. The zero-order chi connectivity index (χ0) is 12.0. The molecule has 1 aromatic rings. The van der Waals surface area contributed by atoms with Crippen LogP contribution >= 0.6 is 0 Å². The fourth-order valence-corrected chi connectivity index (χ4v) is 0.867. The van der Waals surface area contributed by atoms with Gasteiger partial charge >= 0.3 is 11.8 Å². The lowest BCUT2D eigenvalue weighted by molar-refractivity contribution is -0.390. The molecule has 0 heterocycles. The molecule has 0 saturated carbocycles. The van der Waals surface area contributed by atoms with Crippen molar-refractivity contribution >= 4 is 11.8 Å². The Kier molecular flexibility index (Phi) is 4.77. The first-order chi connectivity index (χ1) is 6.93. The third-order valence-electron chi connectivity index (χ3n) is 1.34. The molecular weight excluding hydrogens is 212 g/mol. The smallest absolute Gasteiger partial charge is 0.258 e. The fourth-order valence-electron chi connectivity index (χ4n) is 0.867. The highest BCUT2D eigenvalue weighted by Gasteiger charge is 2.20. The molecule has 0 bridgehead atoms. The molecule has 0 N–H and O–H groups in total. The van der Waals surface area contributed by atoms with Crippen LogP contribution in [0.15, 0.2) is 12.1 Å². The van der Waals surface area contributed by atoms with Crippen LogP contribution in [0.2, 0.25) is 0 Å². The van der Waals surface area contributed by atoms with Crippen LogP contribution in [-0.2, 0) is 9.59 Å². The van der Waals surface area contributed by atoms with Gasteiger partial charge in [-0.05, 0) is 24.6 Å². The van der Waals surface area contributed by atoms with E-state index in [1.807, 2.05) is 0 Å². The lowest BCUT2D eigenvalue weighted by Crippen LogP contribution is -1.97. The molecule has 0 fully saturated rings. The molecule has 1 rings (SSSR count). The summed E-state index contributed by atoms with van der Waals surface area (Å²) in [6.07, 6.45) is 0.250. The maximum absolute atomic E-state index is 12.7. The van der Waals surface area contributed by atoms with Crippen molar-refractivity contribution < 1.29 is 23.3 Å². The number of rotatable bonds is 1. The van der Waals surface area contributed by atoms with Crippen molar-refractivity contribution in [3.05, 3.63) is 39.4 Å². The average molecular weight is 217 g/mol. The SMILES string of the molecule is Cc1cc(F)c([N+](=O)[O-])c(F)c1.O=C=O. The van der Waals surface area contributed by atoms with E-state index >= 15 is 0 Å². The number of nitro benzene ring substituents is 1. The van der Waals surface area contributed by atoms with Crippen LogP contribution < -0.4 is 0 Å². The largest absolute Gasteiger partial charge is 0.373 e. The van der Waals surface area contributed by atoms with Crippen LogP contribution in [0.5, 0.6) is 0 Å². The number of aryl methyl sites for hydroxylation is 1. The number of hydrogen-bond donors (Lipinski definition) is 0. The molecule has 15 heavy (non-hydrogen) atoms. The van der Waals surface area contributed by atoms with Gasteiger partial charge in [0, 0.05) is 0 Å². The molecule has 1 aromatic carbocycles. The lowest BCUT2D eigenvalue weighted by atomic mass is 10.2. The molecule has 0 radical (unpaired) electrons. The summed E-state index contributed by atoms with van der Waals surface area (Å²) in [5.41, 5.74) is -0.781. The summed E-state index contributed by atoms with van der Waals surface area (Å²) in [7, 11) is 0. The highest BCUT2D eigenvalue weighted by atomic mass is 19.1. The number of nitrogens with zero attached hydrogens (tertiary/aromatic N) is 1. The van der Waals surface area contributed by atoms with Gasteiger partial charge in [-0.15, -0.1) is 0 Å². The molecule has 0 saturated heterocycles. The van der Waals surface area contributed by atoms with Gasteiger partial charge < -0.3 is 0 Å². The summed E-state index contributed by atoms with van der Waals surface area (Å²) in [6.45, 7) is 1.45. The van der Waals surface area contributed by atoms with E-state index in [4.69, 9.17) is 9.59 Å². The minimum atomic E-state index is -1.14. The van der Waals surface area contributed by atoms with Gasteiger partial charge in [0.2, 0.25) is 11.6 Å². The predicted octanol–water partition coefficient (Wildman–Crippen LogP) is 1.60. The van der Waals surface area contributed by atoms with Crippen LogP contribution in [0.4, 0.5) is 14.5 Å². The average Bonchev–Trinajstić information content (AvgIpc) is 2.01. The number of halogens is 2. The van der Waals surface area contributed by atoms with Crippen molar-refractivity contribution in [2.45, 2.75) is 6.92 Å². The Morgan fingerprint density at radius 2 is 1.60 bits per heavy atom. The van der Waals surface area contributed by atoms with Gasteiger partial charge in [0.1, 0.15) is 0 Å². The Labute approximate surface area is 82.5 Å². The number of benzene rings is 1. The number of nitro groups is 1. The second kappa shape index (κ2) is 5.56. The Bertz CT molecular complexity index is 390. The van der Waals surface area contributed by atoms with Crippen molar-refractivity contribution in [3.8, 4) is 0 Å². The molecule has 0 aliphatic heterocycles. The molecule has 0 aromatic heterocycles. The zero-order valence-electron chi connectivity index (χ0n) is 7.49. The van der Waals surface area contributed by atoms with E-state index in [1.54, 1.807) is 0 Å². The van der Waals surface area contributed by atoms with Crippen molar-refractivity contribution in [1.29, 1.82) is 0 Å². The summed E-state index contributed by atoms with van der Waals surface area (Å²) in [5.74, 6) is -2.28. The Hall–Kier alpha value is -2.14. The monoisotopic (exact) mass is 217 g/mol. The minimum Gasteiger partial charge on any atom is -0.258 e. The van der Waals surface area contributed by atoms with E-state index < -0.39 is 22.2 Å². The van der Waals surface area contributed by atoms with E-state index in [9.17, 15) is 18.9 Å². The summed E-state index contributed by atoms with van der Waals surface area (Å²) < 4.78 is 25.4. The summed E-state index contributed by atoms with van der Waals surface area (Å²) in [4.78, 5) is 25.3. The quantitative estimate of drug-likeness (QED) is 0.528. The molecule has 0 amide bonds. The Balaban J connectivity index is 0.000000583. The highest BCUT2D eigenvalue weighted by molar-refractivity contribution is 5.36. The van der Waals surface area contributed by atoms with Gasteiger partial charge in [0.15, 0.2) is 0 Å². The molecule has 0 aliphatic rings. The molecule has 0 aliphatic carbocycles. The minimum absolute atomic E-state index is 0.250. The first-order valence-electron chi connectivity index (χ1n) is 3.53. The lowest BCUT2D eigenvalue weighted by Gasteiger charge is -1.96. The van der Waals surface area contributed by atoms with Crippen LogP contribution in [-0.4, -0.2) is 11.1 Å².